The number of carboxylic acids is 1. The second-order valence-corrected chi connectivity index (χ2v) is 10.1. The molecule has 2 saturated carbocycles. The number of aromatic carboxylic acids is 1. The van der Waals surface area contributed by atoms with Gasteiger partial charge in [-0.2, -0.15) is 0 Å². The Kier molecular flexibility index (Phi) is 5.02. The van der Waals surface area contributed by atoms with Crippen molar-refractivity contribution >= 4 is 5.97 Å². The molecule has 5 heteroatoms. The number of methoxy groups -OCH3 is 1. The Labute approximate surface area is 183 Å². The van der Waals surface area contributed by atoms with Gasteiger partial charge in [-0.1, -0.05) is 24.6 Å². The van der Waals surface area contributed by atoms with E-state index in [-0.39, 0.29) is 11.3 Å². The van der Waals surface area contributed by atoms with Crippen LogP contribution in [0.1, 0.15) is 67.3 Å². The molecule has 5 nitrogen and oxygen atoms in total. The molecule has 2 fully saturated rings. The first-order chi connectivity index (χ1) is 14.9. The number of carboxylic acid groups (broad SMARTS) is 1. The minimum absolute atomic E-state index is 0.173. The van der Waals surface area contributed by atoms with Crippen molar-refractivity contribution in [3.05, 3.63) is 58.4 Å². The monoisotopic (exact) mass is 424 g/mol. The molecule has 0 bridgehead atoms. The lowest BCUT2D eigenvalue weighted by molar-refractivity contribution is -0.128. The molecule has 31 heavy (non-hydrogen) atoms. The van der Waals surface area contributed by atoms with E-state index in [1.807, 2.05) is 18.4 Å². The number of benzene rings is 1. The number of hydrogen-bond donors (Lipinski definition) is 2. The van der Waals surface area contributed by atoms with E-state index in [0.717, 1.165) is 50.7 Å². The van der Waals surface area contributed by atoms with Crippen LogP contribution in [0.25, 0.3) is 0 Å². The summed E-state index contributed by atoms with van der Waals surface area (Å²) < 4.78 is 11.2. The van der Waals surface area contributed by atoms with Crippen molar-refractivity contribution < 1.29 is 24.5 Å². The standard InChI is InChI=1S/C26H32O5/c1-25-13-21(16-3-5-17(6-4-16)24(27)28)23-19-10-12-31-14-18(19)7-8-20(23)22(25)9-11-26(25,29)15-30-2/h3-6,14,20-22,29H,7-13,15H2,1-2H3,(H,27,28)/t20?,21-,22?,25+,26-/m1/s1. The third-order valence-electron chi connectivity index (χ3n) is 8.74. The quantitative estimate of drug-likeness (QED) is 0.734. The normalized spacial score (nSPS) is 36.7. The van der Waals surface area contributed by atoms with Gasteiger partial charge in [0.15, 0.2) is 0 Å². The average Bonchev–Trinajstić information content (AvgIpc) is 3.03. The highest BCUT2D eigenvalue weighted by Gasteiger charge is 2.62. The van der Waals surface area contributed by atoms with Gasteiger partial charge in [0.05, 0.1) is 30.6 Å². The Bertz CT molecular complexity index is 945. The van der Waals surface area contributed by atoms with Crippen LogP contribution in [0.2, 0.25) is 0 Å². The van der Waals surface area contributed by atoms with Gasteiger partial charge in [0, 0.05) is 24.9 Å². The lowest BCUT2D eigenvalue weighted by Gasteiger charge is -2.54. The summed E-state index contributed by atoms with van der Waals surface area (Å²) in [5.74, 6) is 0.153. The molecule has 3 aliphatic carbocycles. The van der Waals surface area contributed by atoms with Gasteiger partial charge < -0.3 is 19.7 Å². The molecule has 0 spiro atoms. The minimum Gasteiger partial charge on any atom is -0.501 e. The van der Waals surface area contributed by atoms with Crippen LogP contribution in [0.4, 0.5) is 0 Å². The minimum atomic E-state index is -0.903. The lowest BCUT2D eigenvalue weighted by Crippen LogP contribution is -2.53. The summed E-state index contributed by atoms with van der Waals surface area (Å²) in [4.78, 5) is 11.4. The largest absolute Gasteiger partial charge is 0.501 e. The zero-order valence-corrected chi connectivity index (χ0v) is 18.4. The molecule has 4 aliphatic rings. The van der Waals surface area contributed by atoms with Crippen molar-refractivity contribution in [2.24, 2.45) is 17.3 Å². The van der Waals surface area contributed by atoms with Crippen LogP contribution in [0.15, 0.2) is 47.2 Å². The molecule has 5 atom stereocenters. The Hall–Kier alpha value is -2.11. The highest BCUT2D eigenvalue weighted by molar-refractivity contribution is 5.87. The first-order valence-corrected chi connectivity index (χ1v) is 11.5. The van der Waals surface area contributed by atoms with Crippen molar-refractivity contribution in [3.63, 3.8) is 0 Å². The molecule has 0 radical (unpaired) electrons. The van der Waals surface area contributed by atoms with E-state index in [1.165, 1.54) is 16.7 Å². The highest BCUT2D eigenvalue weighted by atomic mass is 16.5. The molecular formula is C26H32O5. The van der Waals surface area contributed by atoms with E-state index in [1.54, 1.807) is 19.2 Å². The number of allylic oxidation sites excluding steroid dienone is 2. The van der Waals surface area contributed by atoms with Crippen LogP contribution in [-0.2, 0) is 9.47 Å². The molecule has 1 aliphatic heterocycles. The number of ether oxygens (including phenoxy) is 2. The second-order valence-electron chi connectivity index (χ2n) is 10.1. The number of aliphatic hydroxyl groups is 1. The molecule has 2 N–H and O–H groups in total. The average molecular weight is 425 g/mol. The van der Waals surface area contributed by atoms with Crippen molar-refractivity contribution in [1.82, 2.24) is 0 Å². The van der Waals surface area contributed by atoms with Crippen LogP contribution in [0.5, 0.6) is 0 Å². The fraction of sp³-hybridized carbons (Fsp3) is 0.577. The third kappa shape index (κ3) is 3.08. The smallest absolute Gasteiger partial charge is 0.335 e. The molecule has 2 unspecified atom stereocenters. The predicted molar refractivity (Wildman–Crippen MR) is 117 cm³/mol. The maximum Gasteiger partial charge on any atom is 0.335 e. The van der Waals surface area contributed by atoms with Crippen LogP contribution < -0.4 is 0 Å². The molecular weight excluding hydrogens is 392 g/mol. The van der Waals surface area contributed by atoms with E-state index in [0.29, 0.717) is 24.0 Å². The van der Waals surface area contributed by atoms with E-state index in [4.69, 9.17) is 9.47 Å². The maximum absolute atomic E-state index is 11.7. The van der Waals surface area contributed by atoms with Crippen LogP contribution >= 0.6 is 0 Å². The van der Waals surface area contributed by atoms with E-state index in [2.05, 4.69) is 6.92 Å². The zero-order valence-electron chi connectivity index (χ0n) is 18.4. The molecule has 0 aromatic heterocycles. The van der Waals surface area contributed by atoms with Gasteiger partial charge in [0.1, 0.15) is 0 Å². The Balaban J connectivity index is 1.64. The van der Waals surface area contributed by atoms with E-state index in [9.17, 15) is 15.0 Å². The Morgan fingerprint density at radius 3 is 2.71 bits per heavy atom. The molecule has 0 amide bonds. The summed E-state index contributed by atoms with van der Waals surface area (Å²) in [6.45, 7) is 3.34. The van der Waals surface area contributed by atoms with Crippen LogP contribution in [0, 0.1) is 17.3 Å². The van der Waals surface area contributed by atoms with Crippen molar-refractivity contribution in [2.75, 3.05) is 20.3 Å². The molecule has 5 rings (SSSR count). The maximum atomic E-state index is 11.7. The molecule has 1 aromatic carbocycles. The molecule has 1 aromatic rings. The topological polar surface area (TPSA) is 76.0 Å². The summed E-state index contributed by atoms with van der Waals surface area (Å²) >= 11 is 0. The van der Waals surface area contributed by atoms with Gasteiger partial charge in [-0.3, -0.25) is 0 Å². The first-order valence-electron chi connectivity index (χ1n) is 11.5. The van der Waals surface area contributed by atoms with E-state index < -0.39 is 11.6 Å². The fourth-order valence-electron chi connectivity index (χ4n) is 7.16. The number of fused-ring (bicyclic) bond motifs is 4. The summed E-state index contributed by atoms with van der Waals surface area (Å²) in [6, 6.07) is 7.38. The van der Waals surface area contributed by atoms with E-state index >= 15 is 0 Å². The van der Waals surface area contributed by atoms with Gasteiger partial charge in [0.2, 0.25) is 0 Å². The molecule has 166 valence electrons. The van der Waals surface area contributed by atoms with Crippen LogP contribution in [0.3, 0.4) is 0 Å². The Morgan fingerprint density at radius 1 is 1.23 bits per heavy atom. The molecule has 0 saturated heterocycles. The molecule has 1 heterocycles. The number of hydrogen-bond acceptors (Lipinski definition) is 4. The fourth-order valence-corrected chi connectivity index (χ4v) is 7.16. The predicted octanol–water partition coefficient (Wildman–Crippen LogP) is 4.68. The first kappa shape index (κ1) is 20.8. The van der Waals surface area contributed by atoms with Gasteiger partial charge in [-0.05, 0) is 72.8 Å². The SMILES string of the molecule is COC[C@]1(O)CCC2C3CCC4=COCCC4=C3[C@@H](c3ccc(C(=O)O)cc3)C[C@@]21C. The summed E-state index contributed by atoms with van der Waals surface area (Å²) in [7, 11) is 1.67. The van der Waals surface area contributed by atoms with Crippen molar-refractivity contribution in [1.29, 1.82) is 0 Å². The zero-order chi connectivity index (χ0) is 21.8. The summed E-state index contributed by atoms with van der Waals surface area (Å²) in [6.07, 6.45) is 7.66. The number of rotatable bonds is 4. The van der Waals surface area contributed by atoms with Crippen molar-refractivity contribution in [3.8, 4) is 0 Å². The highest BCUT2D eigenvalue weighted by Crippen LogP contribution is 2.66. The second kappa shape index (κ2) is 7.49. The van der Waals surface area contributed by atoms with Gasteiger partial charge in [-0.25, -0.2) is 4.79 Å². The summed E-state index contributed by atoms with van der Waals surface area (Å²) in [5.41, 5.74) is 4.71. The lowest BCUT2D eigenvalue weighted by atomic mass is 9.51. The van der Waals surface area contributed by atoms with Gasteiger partial charge >= 0.3 is 5.97 Å². The third-order valence-corrected chi connectivity index (χ3v) is 8.74. The Morgan fingerprint density at radius 2 is 2.00 bits per heavy atom. The van der Waals surface area contributed by atoms with Crippen molar-refractivity contribution in [2.45, 2.75) is 57.0 Å². The van der Waals surface area contributed by atoms with Gasteiger partial charge in [0.25, 0.3) is 0 Å². The van der Waals surface area contributed by atoms with Gasteiger partial charge in [-0.15, -0.1) is 0 Å². The summed E-state index contributed by atoms with van der Waals surface area (Å²) in [5, 5.41) is 21.0. The number of carbonyl (C=O) groups is 1. The van der Waals surface area contributed by atoms with Crippen LogP contribution in [-0.4, -0.2) is 42.1 Å².